The van der Waals surface area contributed by atoms with E-state index < -0.39 is 23.9 Å². The van der Waals surface area contributed by atoms with Crippen LogP contribution in [-0.4, -0.2) is 61.5 Å². The van der Waals surface area contributed by atoms with Crippen LogP contribution in [0.3, 0.4) is 0 Å². The summed E-state index contributed by atoms with van der Waals surface area (Å²) in [5, 5.41) is 12.4. The molecular weight excluding hydrogens is 376 g/mol. The minimum Gasteiger partial charge on any atom is -0.491 e. The molecule has 2 heterocycles. The molecule has 5 rings (SSSR count). The molecule has 1 aliphatic carbocycles. The fourth-order valence-electron chi connectivity index (χ4n) is 4.58. The fraction of sp³-hybridized carbons (Fsp3) is 0.478. The molecule has 0 spiro atoms. The third kappa shape index (κ3) is 3.77. The molecule has 154 valence electrons. The summed E-state index contributed by atoms with van der Waals surface area (Å²) in [6.45, 7) is 2.70. The van der Waals surface area contributed by atoms with Gasteiger partial charge in [-0.3, -0.25) is 4.90 Å². The van der Waals surface area contributed by atoms with Gasteiger partial charge in [0.15, 0.2) is 0 Å². The number of likely N-dealkylation sites (tertiary alicyclic amines) is 1. The lowest BCUT2D eigenvalue weighted by Gasteiger charge is -2.22. The highest BCUT2D eigenvalue weighted by Gasteiger charge is 2.71. The number of aliphatic hydroxyl groups excluding tert-OH is 1. The molecule has 2 fully saturated rings. The summed E-state index contributed by atoms with van der Waals surface area (Å²) in [4.78, 5) is 1.91. The minimum absolute atomic E-state index is 0.151. The van der Waals surface area contributed by atoms with Gasteiger partial charge in [-0.2, -0.15) is 0 Å². The Kier molecular flexibility index (Phi) is 4.81. The Morgan fingerprint density at radius 1 is 1.14 bits per heavy atom. The predicted octanol–water partition coefficient (Wildman–Crippen LogP) is 3.58. The van der Waals surface area contributed by atoms with Gasteiger partial charge < -0.3 is 14.6 Å². The van der Waals surface area contributed by atoms with Crippen LogP contribution in [0.25, 0.3) is 16.3 Å². The summed E-state index contributed by atoms with van der Waals surface area (Å²) in [5.74, 6) is -2.81. The average Bonchev–Trinajstić information content (AvgIpc) is 3.06. The summed E-state index contributed by atoms with van der Waals surface area (Å²) in [6, 6.07) is 12.3. The van der Waals surface area contributed by atoms with E-state index in [0.29, 0.717) is 32.0 Å². The molecule has 2 aliphatic heterocycles. The molecule has 0 aromatic heterocycles. The Labute approximate surface area is 168 Å². The summed E-state index contributed by atoms with van der Waals surface area (Å²) >= 11 is 0. The standard InChI is InChI=1S/C23H25F2NO3/c24-23(25)21-12-26(13-22(21)23)11-19(27)14-29-20-4-3-17-9-16(1-2-18(17)10-20)15-5-7-28-8-6-15/h1-5,9-10,19,21-22,27H,6-8,11-14H2. The van der Waals surface area contributed by atoms with Crippen molar-refractivity contribution in [3.63, 3.8) is 0 Å². The number of ether oxygens (including phenoxy) is 2. The van der Waals surface area contributed by atoms with Gasteiger partial charge in [0.25, 0.3) is 5.92 Å². The van der Waals surface area contributed by atoms with Gasteiger partial charge in [-0.1, -0.05) is 24.3 Å². The molecule has 0 amide bonds. The SMILES string of the molecule is OC(COc1ccc2cc(C3=CCOCC3)ccc2c1)CN1CC2C(C1)C2(F)F. The molecule has 1 N–H and O–H groups in total. The van der Waals surface area contributed by atoms with Crippen LogP contribution in [0, 0.1) is 11.8 Å². The molecule has 6 heteroatoms. The monoisotopic (exact) mass is 401 g/mol. The number of β-amino-alcohol motifs (C(OH)–C–C–N with tert-alkyl or cyclic N) is 1. The van der Waals surface area contributed by atoms with Crippen LogP contribution < -0.4 is 4.74 Å². The lowest BCUT2D eigenvalue weighted by molar-refractivity contribution is 0.0302. The molecule has 3 unspecified atom stereocenters. The van der Waals surface area contributed by atoms with Crippen molar-refractivity contribution in [2.45, 2.75) is 18.4 Å². The Morgan fingerprint density at radius 3 is 2.66 bits per heavy atom. The van der Waals surface area contributed by atoms with Crippen molar-refractivity contribution >= 4 is 16.3 Å². The van der Waals surface area contributed by atoms with Gasteiger partial charge in [0.2, 0.25) is 0 Å². The maximum absolute atomic E-state index is 13.3. The lowest BCUT2D eigenvalue weighted by atomic mass is 9.98. The first-order chi connectivity index (χ1) is 14.0. The first-order valence-electron chi connectivity index (χ1n) is 10.2. The number of nitrogens with zero attached hydrogens (tertiary/aromatic N) is 1. The van der Waals surface area contributed by atoms with Gasteiger partial charge in [0.05, 0.1) is 13.2 Å². The zero-order valence-electron chi connectivity index (χ0n) is 16.2. The van der Waals surface area contributed by atoms with Gasteiger partial charge >= 0.3 is 0 Å². The van der Waals surface area contributed by atoms with E-state index in [1.54, 1.807) is 0 Å². The van der Waals surface area contributed by atoms with Crippen LogP contribution in [0.4, 0.5) is 8.78 Å². The van der Waals surface area contributed by atoms with Gasteiger partial charge in [-0.25, -0.2) is 8.78 Å². The van der Waals surface area contributed by atoms with Crippen LogP contribution in [0.2, 0.25) is 0 Å². The third-order valence-corrected chi connectivity index (χ3v) is 6.33. The zero-order chi connectivity index (χ0) is 20.0. The van der Waals surface area contributed by atoms with Crippen molar-refractivity contribution in [2.24, 2.45) is 11.8 Å². The molecule has 4 nitrogen and oxygen atoms in total. The van der Waals surface area contributed by atoms with Gasteiger partial charge in [-0.05, 0) is 46.5 Å². The second kappa shape index (κ2) is 7.35. The molecule has 0 bridgehead atoms. The number of rotatable bonds is 6. The first-order valence-corrected chi connectivity index (χ1v) is 10.2. The number of hydrogen-bond donors (Lipinski definition) is 1. The highest BCUT2D eigenvalue weighted by Crippen LogP contribution is 2.59. The number of hydrogen-bond acceptors (Lipinski definition) is 4. The summed E-state index contributed by atoms with van der Waals surface area (Å²) in [7, 11) is 0. The highest BCUT2D eigenvalue weighted by atomic mass is 19.3. The molecule has 29 heavy (non-hydrogen) atoms. The van der Waals surface area contributed by atoms with E-state index in [4.69, 9.17) is 9.47 Å². The Balaban J connectivity index is 1.17. The van der Waals surface area contributed by atoms with Crippen LogP contribution in [0.5, 0.6) is 5.75 Å². The van der Waals surface area contributed by atoms with Crippen molar-refractivity contribution in [2.75, 3.05) is 39.5 Å². The van der Waals surface area contributed by atoms with Crippen molar-refractivity contribution in [3.8, 4) is 5.75 Å². The van der Waals surface area contributed by atoms with Crippen molar-refractivity contribution in [1.29, 1.82) is 0 Å². The third-order valence-electron chi connectivity index (χ3n) is 6.33. The number of aliphatic hydroxyl groups is 1. The van der Waals surface area contributed by atoms with E-state index in [9.17, 15) is 13.9 Å². The second-order valence-electron chi connectivity index (χ2n) is 8.35. The molecule has 1 saturated heterocycles. The van der Waals surface area contributed by atoms with E-state index in [1.807, 2.05) is 23.1 Å². The van der Waals surface area contributed by atoms with Gasteiger partial charge in [0.1, 0.15) is 18.5 Å². The summed E-state index contributed by atoms with van der Waals surface area (Å²) in [6.07, 6.45) is 2.37. The zero-order valence-corrected chi connectivity index (χ0v) is 16.2. The highest BCUT2D eigenvalue weighted by molar-refractivity contribution is 5.87. The maximum Gasteiger partial charge on any atom is 0.257 e. The quantitative estimate of drug-likeness (QED) is 0.804. The van der Waals surface area contributed by atoms with Crippen molar-refractivity contribution < 1.29 is 23.4 Å². The van der Waals surface area contributed by atoms with E-state index in [2.05, 4.69) is 24.3 Å². The largest absolute Gasteiger partial charge is 0.491 e. The lowest BCUT2D eigenvalue weighted by Crippen LogP contribution is -2.37. The Hall–Kier alpha value is -2.02. The van der Waals surface area contributed by atoms with Gasteiger partial charge in [0, 0.05) is 31.5 Å². The maximum atomic E-state index is 13.3. The number of benzene rings is 2. The van der Waals surface area contributed by atoms with Crippen molar-refractivity contribution in [3.05, 3.63) is 48.0 Å². The van der Waals surface area contributed by atoms with Crippen molar-refractivity contribution in [1.82, 2.24) is 4.90 Å². The number of alkyl halides is 2. The predicted molar refractivity (Wildman–Crippen MR) is 107 cm³/mol. The van der Waals surface area contributed by atoms with E-state index in [0.717, 1.165) is 23.8 Å². The molecule has 1 saturated carbocycles. The van der Waals surface area contributed by atoms with Crippen LogP contribution >= 0.6 is 0 Å². The number of piperidine rings is 1. The fourth-order valence-corrected chi connectivity index (χ4v) is 4.58. The van der Waals surface area contributed by atoms with E-state index in [-0.39, 0.29) is 6.61 Å². The van der Waals surface area contributed by atoms with E-state index in [1.165, 1.54) is 11.1 Å². The molecular formula is C23H25F2NO3. The molecule has 3 atom stereocenters. The number of fused-ring (bicyclic) bond motifs is 2. The van der Waals surface area contributed by atoms with Crippen LogP contribution in [-0.2, 0) is 4.74 Å². The van der Waals surface area contributed by atoms with Crippen LogP contribution in [0.1, 0.15) is 12.0 Å². The second-order valence-corrected chi connectivity index (χ2v) is 8.35. The normalized spacial score (nSPS) is 26.8. The molecule has 0 radical (unpaired) electrons. The van der Waals surface area contributed by atoms with Gasteiger partial charge in [-0.15, -0.1) is 0 Å². The molecule has 3 aliphatic rings. The first kappa shape index (κ1) is 19.0. The average molecular weight is 401 g/mol. The molecule has 2 aromatic carbocycles. The Morgan fingerprint density at radius 2 is 1.90 bits per heavy atom. The minimum atomic E-state index is -2.48. The summed E-state index contributed by atoms with van der Waals surface area (Å²) < 4.78 is 37.7. The topological polar surface area (TPSA) is 41.9 Å². The Bertz CT molecular complexity index is 931. The number of halogens is 2. The smallest absolute Gasteiger partial charge is 0.257 e. The van der Waals surface area contributed by atoms with E-state index >= 15 is 0 Å². The van der Waals surface area contributed by atoms with Crippen LogP contribution in [0.15, 0.2) is 42.5 Å². The molecule has 2 aromatic rings. The summed E-state index contributed by atoms with van der Waals surface area (Å²) in [5.41, 5.74) is 2.54.